The number of hydrogen-bond acceptors (Lipinski definition) is 5. The van der Waals surface area contributed by atoms with Crippen molar-refractivity contribution in [1.82, 2.24) is 25.1 Å². The van der Waals surface area contributed by atoms with Gasteiger partial charge in [-0.25, -0.2) is 14.6 Å². The number of ether oxygens (including phenoxy) is 1. The van der Waals surface area contributed by atoms with Crippen LogP contribution in [0.25, 0.3) is 5.82 Å². The van der Waals surface area contributed by atoms with Crippen LogP contribution < -0.4 is 10.1 Å². The average molecular weight is 351 g/mol. The molecule has 0 aliphatic rings. The predicted octanol–water partition coefficient (Wildman–Crippen LogP) is 2.26. The smallest absolute Gasteiger partial charge is 0.252 e. The van der Waals surface area contributed by atoms with E-state index in [-0.39, 0.29) is 5.91 Å². The largest absolute Gasteiger partial charge is 0.481 e. The van der Waals surface area contributed by atoms with E-state index < -0.39 is 0 Å². The van der Waals surface area contributed by atoms with Crippen molar-refractivity contribution < 1.29 is 9.53 Å². The van der Waals surface area contributed by atoms with Crippen LogP contribution in [0.5, 0.6) is 5.88 Å². The molecule has 0 atom stereocenters. The Bertz CT molecular complexity index is 888. The van der Waals surface area contributed by atoms with E-state index in [1.165, 1.54) is 13.3 Å². The number of amides is 1. The molecule has 1 amide bonds. The normalized spacial score (nSPS) is 10.6. The third-order valence-electron chi connectivity index (χ3n) is 4.18. The molecule has 0 aromatic carbocycles. The monoisotopic (exact) mass is 351 g/mol. The van der Waals surface area contributed by atoms with Crippen LogP contribution in [0.4, 0.5) is 0 Å². The van der Waals surface area contributed by atoms with E-state index in [0.29, 0.717) is 24.4 Å². The van der Waals surface area contributed by atoms with Crippen molar-refractivity contribution in [3.8, 4) is 11.7 Å². The quantitative estimate of drug-likeness (QED) is 0.737. The van der Waals surface area contributed by atoms with Crippen LogP contribution in [0.2, 0.25) is 0 Å². The van der Waals surface area contributed by atoms with Crippen molar-refractivity contribution in [2.24, 2.45) is 0 Å². The minimum atomic E-state index is -0.160. The van der Waals surface area contributed by atoms with Gasteiger partial charge in [-0.15, -0.1) is 0 Å². The van der Waals surface area contributed by atoms with Gasteiger partial charge in [-0.3, -0.25) is 4.79 Å². The van der Waals surface area contributed by atoms with E-state index in [9.17, 15) is 4.79 Å². The predicted molar refractivity (Wildman–Crippen MR) is 97.7 cm³/mol. The molecule has 0 fully saturated rings. The van der Waals surface area contributed by atoms with Crippen molar-refractivity contribution in [2.45, 2.75) is 20.3 Å². The Hall–Kier alpha value is -3.22. The molecule has 0 saturated heterocycles. The van der Waals surface area contributed by atoms with Gasteiger partial charge in [0.15, 0.2) is 5.82 Å². The zero-order valence-corrected chi connectivity index (χ0v) is 15.1. The van der Waals surface area contributed by atoms with Gasteiger partial charge >= 0.3 is 0 Å². The van der Waals surface area contributed by atoms with Gasteiger partial charge in [0.1, 0.15) is 0 Å². The lowest BCUT2D eigenvalue weighted by atomic mass is 10.1. The van der Waals surface area contributed by atoms with Crippen molar-refractivity contribution >= 4 is 5.91 Å². The summed E-state index contributed by atoms with van der Waals surface area (Å²) in [5, 5.41) is 7.49. The Labute approximate surface area is 152 Å². The number of aromatic nitrogens is 4. The van der Waals surface area contributed by atoms with Crippen LogP contribution in [0.15, 0.2) is 42.7 Å². The van der Waals surface area contributed by atoms with Crippen LogP contribution in [-0.4, -0.2) is 39.3 Å². The molecule has 1 N–H and O–H groups in total. The zero-order chi connectivity index (χ0) is 18.5. The molecular weight excluding hydrogens is 330 g/mol. The summed E-state index contributed by atoms with van der Waals surface area (Å²) >= 11 is 0. The fourth-order valence-corrected chi connectivity index (χ4v) is 2.78. The Kier molecular flexibility index (Phi) is 5.26. The maximum Gasteiger partial charge on any atom is 0.252 e. The topological polar surface area (TPSA) is 81.9 Å². The molecule has 3 heterocycles. The summed E-state index contributed by atoms with van der Waals surface area (Å²) in [6.45, 7) is 4.50. The molecule has 134 valence electrons. The van der Waals surface area contributed by atoms with Gasteiger partial charge in [0.2, 0.25) is 5.88 Å². The SMILES string of the molecule is COc1ccc(C(=O)NCCc2c(C)nn(-c3ccccn3)c2C)cn1. The number of rotatable bonds is 6. The molecule has 3 aromatic rings. The summed E-state index contributed by atoms with van der Waals surface area (Å²) in [7, 11) is 1.54. The molecule has 0 spiro atoms. The highest BCUT2D eigenvalue weighted by Gasteiger charge is 2.14. The van der Waals surface area contributed by atoms with Gasteiger partial charge in [-0.05, 0) is 44.0 Å². The second-order valence-electron chi connectivity index (χ2n) is 5.84. The van der Waals surface area contributed by atoms with E-state index in [1.807, 2.05) is 36.7 Å². The first-order valence-corrected chi connectivity index (χ1v) is 8.35. The van der Waals surface area contributed by atoms with E-state index >= 15 is 0 Å². The molecule has 0 saturated carbocycles. The summed E-state index contributed by atoms with van der Waals surface area (Å²) in [5.74, 6) is 1.11. The minimum absolute atomic E-state index is 0.160. The number of methoxy groups -OCH3 is 1. The Morgan fingerprint density at radius 3 is 2.69 bits per heavy atom. The molecule has 0 aliphatic carbocycles. The molecule has 26 heavy (non-hydrogen) atoms. The highest BCUT2D eigenvalue weighted by Crippen LogP contribution is 2.17. The first kappa shape index (κ1) is 17.6. The molecule has 0 radical (unpaired) electrons. The van der Waals surface area contributed by atoms with Crippen molar-refractivity contribution in [1.29, 1.82) is 0 Å². The highest BCUT2D eigenvalue weighted by molar-refractivity contribution is 5.93. The Balaban J connectivity index is 1.64. The number of nitrogens with one attached hydrogen (secondary N) is 1. The first-order valence-electron chi connectivity index (χ1n) is 8.35. The molecule has 7 nitrogen and oxygen atoms in total. The third kappa shape index (κ3) is 3.72. The lowest BCUT2D eigenvalue weighted by molar-refractivity contribution is 0.0953. The van der Waals surface area contributed by atoms with E-state index in [1.54, 1.807) is 18.3 Å². The highest BCUT2D eigenvalue weighted by atomic mass is 16.5. The van der Waals surface area contributed by atoms with Crippen LogP contribution >= 0.6 is 0 Å². The lowest BCUT2D eigenvalue weighted by Crippen LogP contribution is -2.26. The average Bonchev–Trinajstić information content (AvgIpc) is 2.97. The van der Waals surface area contributed by atoms with Gasteiger partial charge in [-0.2, -0.15) is 5.10 Å². The van der Waals surface area contributed by atoms with E-state index in [4.69, 9.17) is 4.74 Å². The number of hydrogen-bond donors (Lipinski definition) is 1. The number of aryl methyl sites for hydroxylation is 1. The van der Waals surface area contributed by atoms with Gasteiger partial charge in [0, 0.05) is 30.7 Å². The molecule has 0 unspecified atom stereocenters. The second-order valence-corrected chi connectivity index (χ2v) is 5.84. The number of pyridine rings is 2. The fourth-order valence-electron chi connectivity index (χ4n) is 2.78. The van der Waals surface area contributed by atoms with Crippen molar-refractivity contribution in [3.63, 3.8) is 0 Å². The summed E-state index contributed by atoms with van der Waals surface area (Å²) in [6.07, 6.45) is 3.94. The third-order valence-corrected chi connectivity index (χ3v) is 4.18. The zero-order valence-electron chi connectivity index (χ0n) is 15.1. The Morgan fingerprint density at radius 1 is 1.19 bits per heavy atom. The maximum absolute atomic E-state index is 12.2. The van der Waals surface area contributed by atoms with Crippen LogP contribution in [0.1, 0.15) is 27.3 Å². The number of carbonyl (C=O) groups is 1. The Morgan fingerprint density at radius 2 is 2.04 bits per heavy atom. The van der Waals surface area contributed by atoms with Gasteiger partial charge in [0.25, 0.3) is 5.91 Å². The minimum Gasteiger partial charge on any atom is -0.481 e. The molecule has 0 bridgehead atoms. The lowest BCUT2D eigenvalue weighted by Gasteiger charge is -2.07. The number of nitrogens with zero attached hydrogens (tertiary/aromatic N) is 4. The summed E-state index contributed by atoms with van der Waals surface area (Å²) in [5.41, 5.74) is 3.59. The van der Waals surface area contributed by atoms with E-state index in [0.717, 1.165) is 22.8 Å². The summed E-state index contributed by atoms with van der Waals surface area (Å²) in [6, 6.07) is 9.08. The molecule has 3 aromatic heterocycles. The fraction of sp³-hybridized carbons (Fsp3) is 0.263. The second kappa shape index (κ2) is 7.77. The standard InChI is InChI=1S/C19H21N5O2/c1-13-16(14(2)24(23-13)17-6-4-5-10-20-17)9-11-21-19(25)15-7-8-18(26-3)22-12-15/h4-8,10,12H,9,11H2,1-3H3,(H,21,25). The number of carbonyl (C=O) groups excluding carboxylic acids is 1. The maximum atomic E-state index is 12.2. The van der Waals surface area contributed by atoms with Crippen molar-refractivity contribution in [3.05, 3.63) is 65.2 Å². The molecule has 7 heteroatoms. The summed E-state index contributed by atoms with van der Waals surface area (Å²) in [4.78, 5) is 20.6. The van der Waals surface area contributed by atoms with Gasteiger partial charge in [0.05, 0.1) is 18.4 Å². The van der Waals surface area contributed by atoms with Crippen LogP contribution in [-0.2, 0) is 6.42 Å². The first-order chi connectivity index (χ1) is 12.6. The van der Waals surface area contributed by atoms with Gasteiger partial charge in [-0.1, -0.05) is 6.07 Å². The molecule has 0 aliphatic heterocycles. The van der Waals surface area contributed by atoms with Crippen molar-refractivity contribution in [2.75, 3.05) is 13.7 Å². The van der Waals surface area contributed by atoms with Crippen LogP contribution in [0.3, 0.4) is 0 Å². The molecular formula is C19H21N5O2. The molecule has 3 rings (SSSR count). The summed E-state index contributed by atoms with van der Waals surface area (Å²) < 4.78 is 6.83. The van der Waals surface area contributed by atoms with E-state index in [2.05, 4.69) is 20.4 Å². The van der Waals surface area contributed by atoms with Gasteiger partial charge < -0.3 is 10.1 Å². The van der Waals surface area contributed by atoms with Crippen LogP contribution in [0, 0.1) is 13.8 Å².